The second-order valence-corrected chi connectivity index (χ2v) is 7.38. The Bertz CT molecular complexity index is 468. The Morgan fingerprint density at radius 1 is 1.65 bits per heavy atom. The molecule has 1 aromatic rings. The fourth-order valence-corrected chi connectivity index (χ4v) is 4.15. The lowest BCUT2D eigenvalue weighted by atomic mass is 10.00. The molecule has 7 heteroatoms. The molecule has 0 bridgehead atoms. The zero-order valence-electron chi connectivity index (χ0n) is 11.4. The van der Waals surface area contributed by atoms with Crippen LogP contribution in [0.2, 0.25) is 0 Å². The van der Waals surface area contributed by atoms with Gasteiger partial charge in [-0.05, 0) is 34.5 Å². The van der Waals surface area contributed by atoms with Gasteiger partial charge in [0, 0.05) is 17.5 Å². The third-order valence-corrected chi connectivity index (χ3v) is 5.31. The van der Waals surface area contributed by atoms with Crippen LogP contribution in [0.3, 0.4) is 0 Å². The molecule has 0 spiro atoms. The van der Waals surface area contributed by atoms with Crippen LogP contribution in [-0.4, -0.2) is 42.6 Å². The van der Waals surface area contributed by atoms with Crippen molar-refractivity contribution < 1.29 is 9.53 Å². The number of hydrogen-bond acceptors (Lipinski definition) is 5. The maximum Gasteiger partial charge on any atom is 0.237 e. The van der Waals surface area contributed by atoms with Gasteiger partial charge in [-0.25, -0.2) is 0 Å². The molecule has 1 aliphatic rings. The van der Waals surface area contributed by atoms with E-state index >= 15 is 0 Å². The van der Waals surface area contributed by atoms with Crippen LogP contribution in [0.25, 0.3) is 0 Å². The molecule has 0 saturated carbocycles. The van der Waals surface area contributed by atoms with E-state index < -0.39 is 6.04 Å². The van der Waals surface area contributed by atoms with Crippen molar-refractivity contribution in [2.75, 3.05) is 19.8 Å². The SMILES string of the molecule is CCC(N)C(c1ccc(Br)s1)N1CCOCC1C(N)=O. The number of carbonyl (C=O) groups excluding carboxylic acids is 1. The van der Waals surface area contributed by atoms with Crippen molar-refractivity contribution in [2.24, 2.45) is 11.5 Å². The zero-order valence-corrected chi connectivity index (χ0v) is 13.8. The Morgan fingerprint density at radius 3 is 2.95 bits per heavy atom. The van der Waals surface area contributed by atoms with Crippen LogP contribution in [0.1, 0.15) is 24.3 Å². The summed E-state index contributed by atoms with van der Waals surface area (Å²) in [6.07, 6.45) is 0.836. The highest BCUT2D eigenvalue weighted by molar-refractivity contribution is 9.11. The maximum atomic E-state index is 11.7. The maximum absolute atomic E-state index is 11.7. The second kappa shape index (κ2) is 7.00. The van der Waals surface area contributed by atoms with Gasteiger partial charge < -0.3 is 16.2 Å². The van der Waals surface area contributed by atoms with Crippen molar-refractivity contribution in [1.82, 2.24) is 4.90 Å². The average Bonchev–Trinajstić information content (AvgIpc) is 2.85. The first-order chi connectivity index (χ1) is 9.54. The molecule has 1 aromatic heterocycles. The number of nitrogens with two attached hydrogens (primary N) is 2. The molecule has 3 unspecified atom stereocenters. The first-order valence-corrected chi connectivity index (χ1v) is 8.29. The largest absolute Gasteiger partial charge is 0.378 e. The molecule has 0 aromatic carbocycles. The second-order valence-electron chi connectivity index (χ2n) is 4.89. The van der Waals surface area contributed by atoms with Gasteiger partial charge in [-0.2, -0.15) is 0 Å². The standard InChI is InChI=1S/C13H20BrN3O2S/c1-2-8(15)12(10-3-4-11(14)20-10)17-5-6-19-7-9(17)13(16)18/h3-4,8-9,12H,2,5-7,15H2,1H3,(H2,16,18). The van der Waals surface area contributed by atoms with Crippen LogP contribution >= 0.6 is 27.3 Å². The molecule has 1 amide bonds. The van der Waals surface area contributed by atoms with Gasteiger partial charge in [0.2, 0.25) is 5.91 Å². The lowest BCUT2D eigenvalue weighted by Gasteiger charge is -2.41. The molecule has 2 heterocycles. The van der Waals surface area contributed by atoms with Crippen molar-refractivity contribution in [2.45, 2.75) is 31.5 Å². The molecular formula is C13H20BrN3O2S. The summed E-state index contributed by atoms with van der Waals surface area (Å²) in [5, 5.41) is 0. The predicted molar refractivity (Wildman–Crippen MR) is 83.5 cm³/mol. The Kier molecular flexibility index (Phi) is 5.57. The quantitative estimate of drug-likeness (QED) is 0.831. The highest BCUT2D eigenvalue weighted by atomic mass is 79.9. The Labute approximate surface area is 131 Å². The van der Waals surface area contributed by atoms with E-state index in [-0.39, 0.29) is 18.0 Å². The van der Waals surface area contributed by atoms with Crippen LogP contribution in [-0.2, 0) is 9.53 Å². The van der Waals surface area contributed by atoms with Crippen molar-refractivity contribution in [3.05, 3.63) is 20.8 Å². The van der Waals surface area contributed by atoms with Gasteiger partial charge in [-0.3, -0.25) is 9.69 Å². The third-order valence-electron chi connectivity index (χ3n) is 3.62. The number of nitrogens with zero attached hydrogens (tertiary/aromatic N) is 1. The number of hydrogen-bond donors (Lipinski definition) is 2. The Balaban J connectivity index is 2.31. The highest BCUT2D eigenvalue weighted by Crippen LogP contribution is 2.35. The normalized spacial score (nSPS) is 23.4. The summed E-state index contributed by atoms with van der Waals surface area (Å²) in [4.78, 5) is 14.9. The number of halogens is 1. The molecule has 1 aliphatic heterocycles. The van der Waals surface area contributed by atoms with Gasteiger partial charge in [-0.15, -0.1) is 11.3 Å². The van der Waals surface area contributed by atoms with Crippen LogP contribution in [0, 0.1) is 0 Å². The smallest absolute Gasteiger partial charge is 0.237 e. The number of carbonyl (C=O) groups is 1. The number of rotatable bonds is 5. The van der Waals surface area contributed by atoms with Gasteiger partial charge in [0.05, 0.1) is 23.0 Å². The number of primary amides is 1. The molecule has 1 fully saturated rings. The zero-order chi connectivity index (χ0) is 14.7. The molecule has 20 heavy (non-hydrogen) atoms. The van der Waals surface area contributed by atoms with E-state index in [2.05, 4.69) is 33.8 Å². The minimum atomic E-state index is -0.410. The molecule has 112 valence electrons. The van der Waals surface area contributed by atoms with Crippen molar-refractivity contribution >= 4 is 33.2 Å². The minimum Gasteiger partial charge on any atom is -0.378 e. The molecular weight excluding hydrogens is 342 g/mol. The number of morpholine rings is 1. The molecule has 5 nitrogen and oxygen atoms in total. The summed E-state index contributed by atoms with van der Waals surface area (Å²) >= 11 is 5.13. The fourth-order valence-electron chi connectivity index (χ4n) is 2.53. The van der Waals surface area contributed by atoms with Crippen LogP contribution in [0.5, 0.6) is 0 Å². The molecule has 2 rings (SSSR count). The summed E-state index contributed by atoms with van der Waals surface area (Å²) in [6.45, 7) is 3.67. The first-order valence-electron chi connectivity index (χ1n) is 6.68. The van der Waals surface area contributed by atoms with Crippen LogP contribution < -0.4 is 11.5 Å². The molecule has 4 N–H and O–H groups in total. The van der Waals surface area contributed by atoms with Gasteiger partial charge in [0.25, 0.3) is 0 Å². The first kappa shape index (κ1) is 15.9. The van der Waals surface area contributed by atoms with Crippen molar-refractivity contribution in [3.8, 4) is 0 Å². The van der Waals surface area contributed by atoms with E-state index in [1.54, 1.807) is 11.3 Å². The van der Waals surface area contributed by atoms with Gasteiger partial charge >= 0.3 is 0 Å². The van der Waals surface area contributed by atoms with Crippen LogP contribution in [0.4, 0.5) is 0 Å². The van der Waals surface area contributed by atoms with E-state index in [0.29, 0.717) is 19.8 Å². The lowest BCUT2D eigenvalue weighted by molar-refractivity contribution is -0.131. The summed E-state index contributed by atoms with van der Waals surface area (Å²) < 4.78 is 6.45. The minimum absolute atomic E-state index is 0.00213. The molecule has 0 radical (unpaired) electrons. The van der Waals surface area contributed by atoms with Crippen molar-refractivity contribution in [3.63, 3.8) is 0 Å². The summed E-state index contributed by atoms with van der Waals surface area (Å²) in [5.74, 6) is -0.353. The van der Waals surface area contributed by atoms with Crippen molar-refractivity contribution in [1.29, 1.82) is 0 Å². The van der Waals surface area contributed by atoms with E-state index in [4.69, 9.17) is 16.2 Å². The van der Waals surface area contributed by atoms with E-state index in [9.17, 15) is 4.79 Å². The van der Waals surface area contributed by atoms with Gasteiger partial charge in [0.15, 0.2) is 0 Å². The highest BCUT2D eigenvalue weighted by Gasteiger charge is 2.36. The third kappa shape index (κ3) is 3.40. The number of amides is 1. The summed E-state index contributed by atoms with van der Waals surface area (Å²) in [5.41, 5.74) is 11.8. The number of ether oxygens (including phenoxy) is 1. The molecule has 3 atom stereocenters. The number of thiophene rings is 1. The van der Waals surface area contributed by atoms with Crippen LogP contribution in [0.15, 0.2) is 15.9 Å². The Hall–Kier alpha value is -0.470. The fraction of sp³-hybridized carbons (Fsp3) is 0.615. The molecule has 1 saturated heterocycles. The summed E-state index contributed by atoms with van der Waals surface area (Å²) in [7, 11) is 0. The lowest BCUT2D eigenvalue weighted by Crippen LogP contribution is -2.56. The molecule has 0 aliphatic carbocycles. The monoisotopic (exact) mass is 361 g/mol. The van der Waals surface area contributed by atoms with Gasteiger partial charge in [-0.1, -0.05) is 6.92 Å². The van der Waals surface area contributed by atoms with E-state index in [1.165, 1.54) is 0 Å². The predicted octanol–water partition coefficient (Wildman–Crippen LogP) is 1.48. The Morgan fingerprint density at radius 2 is 2.40 bits per heavy atom. The summed E-state index contributed by atoms with van der Waals surface area (Å²) in [6, 6.07) is 3.61. The average molecular weight is 362 g/mol. The van der Waals surface area contributed by atoms with Gasteiger partial charge in [0.1, 0.15) is 6.04 Å². The topological polar surface area (TPSA) is 81.6 Å². The van der Waals surface area contributed by atoms with E-state index in [0.717, 1.165) is 15.1 Å². The van der Waals surface area contributed by atoms with E-state index in [1.807, 2.05) is 6.07 Å².